The predicted octanol–water partition coefficient (Wildman–Crippen LogP) is 3.58. The van der Waals surface area contributed by atoms with Gasteiger partial charge in [0.15, 0.2) is 0 Å². The highest BCUT2D eigenvalue weighted by atomic mass is 35.5. The van der Waals surface area contributed by atoms with Gasteiger partial charge in [-0.15, -0.1) is 13.2 Å². The molecule has 2 aromatic rings. The number of carbonyl (C=O) groups is 1. The molecule has 0 saturated carbocycles. The molecular formula is C14H10ClF3N2O3S. The van der Waals surface area contributed by atoms with Crippen LogP contribution in [0.2, 0.25) is 5.02 Å². The summed E-state index contributed by atoms with van der Waals surface area (Å²) in [5.74, 6) is -0.798. The molecule has 10 heteroatoms. The summed E-state index contributed by atoms with van der Waals surface area (Å²) in [6.07, 6.45) is -3.68. The molecule has 1 amide bonds. The van der Waals surface area contributed by atoms with E-state index in [0.29, 0.717) is 30.6 Å². The van der Waals surface area contributed by atoms with Crippen molar-refractivity contribution in [3.05, 3.63) is 44.0 Å². The highest BCUT2D eigenvalue weighted by Gasteiger charge is 2.32. The summed E-state index contributed by atoms with van der Waals surface area (Å²) in [6.45, 7) is 0.383. The molecule has 1 aliphatic heterocycles. The second kappa shape index (κ2) is 6.14. The number of benzene rings is 1. The van der Waals surface area contributed by atoms with Crippen molar-refractivity contribution in [1.82, 2.24) is 4.37 Å². The third-order valence-electron chi connectivity index (χ3n) is 3.49. The molecule has 1 N–H and O–H groups in total. The van der Waals surface area contributed by atoms with Crippen LogP contribution in [0.4, 0.5) is 18.9 Å². The van der Waals surface area contributed by atoms with Crippen LogP contribution in [0, 0.1) is 0 Å². The second-order valence-corrected chi connectivity index (χ2v) is 6.27. The van der Waals surface area contributed by atoms with Crippen molar-refractivity contribution >= 4 is 34.7 Å². The predicted molar refractivity (Wildman–Crippen MR) is 83.1 cm³/mol. The van der Waals surface area contributed by atoms with Crippen molar-refractivity contribution in [2.45, 2.75) is 19.2 Å². The maximum atomic E-state index is 12.6. The van der Waals surface area contributed by atoms with E-state index in [-0.39, 0.29) is 15.6 Å². The number of nitrogens with one attached hydrogen (secondary N) is 1. The van der Waals surface area contributed by atoms with E-state index in [9.17, 15) is 22.8 Å². The number of anilines is 1. The number of alkyl halides is 3. The van der Waals surface area contributed by atoms with Crippen LogP contribution in [-0.2, 0) is 6.42 Å². The van der Waals surface area contributed by atoms with Gasteiger partial charge in [0, 0.05) is 12.2 Å². The molecule has 0 bridgehead atoms. The number of H-pyrrole nitrogens is 1. The smallest absolute Gasteiger partial charge is 0.406 e. The SMILES string of the molecule is O=C(c1s[nH]c(=O)c1Cl)N1CCCc2cc(OC(F)(F)F)ccc21. The lowest BCUT2D eigenvalue weighted by Gasteiger charge is -2.29. The zero-order valence-corrected chi connectivity index (χ0v) is 13.5. The number of halogens is 4. The number of nitrogens with zero attached hydrogens (tertiary/aromatic N) is 1. The summed E-state index contributed by atoms with van der Waals surface area (Å²) in [5, 5.41) is -0.186. The highest BCUT2D eigenvalue weighted by molar-refractivity contribution is 7.08. The fourth-order valence-electron chi connectivity index (χ4n) is 2.53. The molecule has 2 heterocycles. The van der Waals surface area contributed by atoms with Crippen molar-refractivity contribution in [2.24, 2.45) is 0 Å². The van der Waals surface area contributed by atoms with Gasteiger partial charge < -0.3 is 9.64 Å². The first kappa shape index (κ1) is 16.8. The zero-order chi connectivity index (χ0) is 17.5. The average molecular weight is 379 g/mol. The number of fused-ring (bicyclic) bond motifs is 1. The molecule has 3 rings (SSSR count). The van der Waals surface area contributed by atoms with Gasteiger partial charge in [-0.2, -0.15) is 0 Å². The Hall–Kier alpha value is -2.00. The van der Waals surface area contributed by atoms with E-state index >= 15 is 0 Å². The summed E-state index contributed by atoms with van der Waals surface area (Å²) < 4.78 is 43.2. The Bertz CT molecular complexity index is 847. The van der Waals surface area contributed by atoms with Gasteiger partial charge in [0.25, 0.3) is 11.5 Å². The molecule has 5 nitrogen and oxygen atoms in total. The number of rotatable bonds is 2. The normalized spacial score (nSPS) is 14.4. The molecule has 0 aliphatic carbocycles. The number of hydrogen-bond donors (Lipinski definition) is 1. The first-order valence-electron chi connectivity index (χ1n) is 6.84. The third-order valence-corrected chi connectivity index (χ3v) is 4.83. The van der Waals surface area contributed by atoms with Crippen molar-refractivity contribution < 1.29 is 22.7 Å². The lowest BCUT2D eigenvalue weighted by atomic mass is 10.0. The van der Waals surface area contributed by atoms with Gasteiger partial charge in [-0.3, -0.25) is 14.0 Å². The molecular weight excluding hydrogens is 369 g/mol. The lowest BCUT2D eigenvalue weighted by Crippen LogP contribution is -2.35. The van der Waals surface area contributed by atoms with Crippen molar-refractivity contribution in [3.8, 4) is 5.75 Å². The van der Waals surface area contributed by atoms with Gasteiger partial charge in [-0.05, 0) is 36.6 Å². The fraction of sp³-hybridized carbons (Fsp3) is 0.286. The topological polar surface area (TPSA) is 62.4 Å². The van der Waals surface area contributed by atoms with Crippen LogP contribution in [-0.4, -0.2) is 23.2 Å². The largest absolute Gasteiger partial charge is 0.573 e. The number of amides is 1. The number of ether oxygens (including phenoxy) is 1. The standard InChI is InChI=1S/C14H10ClF3N2O3S/c15-10-11(24-19-12(10)21)13(22)20-5-1-2-7-6-8(3-4-9(7)20)23-14(16,17)18/h3-4,6H,1-2,5H2,(H,19,21). The Morgan fingerprint density at radius 3 is 2.75 bits per heavy atom. The molecule has 0 radical (unpaired) electrons. The minimum absolute atomic E-state index is 0.0742. The van der Waals surface area contributed by atoms with Gasteiger partial charge in [-0.1, -0.05) is 23.1 Å². The molecule has 1 aromatic carbocycles. The highest BCUT2D eigenvalue weighted by Crippen LogP contribution is 2.34. The molecule has 0 unspecified atom stereocenters. The van der Waals surface area contributed by atoms with E-state index < -0.39 is 17.8 Å². The Balaban J connectivity index is 1.93. The van der Waals surface area contributed by atoms with Gasteiger partial charge in [0.05, 0.1) is 0 Å². The fourth-order valence-corrected chi connectivity index (χ4v) is 3.51. The quantitative estimate of drug-likeness (QED) is 0.868. The van der Waals surface area contributed by atoms with Crippen molar-refractivity contribution in [2.75, 3.05) is 11.4 Å². The maximum absolute atomic E-state index is 12.6. The van der Waals surface area contributed by atoms with Gasteiger partial charge in [0.2, 0.25) is 0 Å². The van der Waals surface area contributed by atoms with Crippen LogP contribution in [0.1, 0.15) is 21.7 Å². The zero-order valence-electron chi connectivity index (χ0n) is 11.9. The van der Waals surface area contributed by atoms with Gasteiger partial charge in [-0.25, -0.2) is 0 Å². The van der Waals surface area contributed by atoms with Crippen molar-refractivity contribution in [3.63, 3.8) is 0 Å². The minimum atomic E-state index is -4.77. The minimum Gasteiger partial charge on any atom is -0.406 e. The summed E-state index contributed by atoms with van der Waals surface area (Å²) in [6, 6.07) is 3.82. The molecule has 0 atom stereocenters. The van der Waals surface area contributed by atoms with E-state index in [0.717, 1.165) is 17.6 Å². The van der Waals surface area contributed by atoms with Crippen LogP contribution in [0.5, 0.6) is 5.75 Å². The van der Waals surface area contributed by atoms with Crippen LogP contribution in [0.15, 0.2) is 23.0 Å². The van der Waals surface area contributed by atoms with Crippen molar-refractivity contribution in [1.29, 1.82) is 0 Å². The van der Waals surface area contributed by atoms with Crippen LogP contribution in [0.25, 0.3) is 0 Å². The van der Waals surface area contributed by atoms with Crippen LogP contribution >= 0.6 is 23.1 Å². The average Bonchev–Trinajstić information content (AvgIpc) is 2.84. The van der Waals surface area contributed by atoms with E-state index in [2.05, 4.69) is 9.11 Å². The van der Waals surface area contributed by atoms with Gasteiger partial charge >= 0.3 is 6.36 Å². The van der Waals surface area contributed by atoms with E-state index in [1.165, 1.54) is 17.0 Å². The molecule has 1 aromatic heterocycles. The van der Waals surface area contributed by atoms with Crippen LogP contribution < -0.4 is 15.2 Å². The summed E-state index contributed by atoms with van der Waals surface area (Å²) in [5.41, 5.74) is 0.504. The number of hydrogen-bond acceptors (Lipinski definition) is 4. The molecule has 1 aliphatic rings. The second-order valence-electron chi connectivity index (χ2n) is 5.08. The first-order valence-corrected chi connectivity index (χ1v) is 8.03. The number of carbonyl (C=O) groups excluding carboxylic acids is 1. The lowest BCUT2D eigenvalue weighted by molar-refractivity contribution is -0.274. The number of aryl methyl sites for hydroxylation is 1. The summed E-state index contributed by atoms with van der Waals surface area (Å²) >= 11 is 6.65. The third kappa shape index (κ3) is 3.27. The maximum Gasteiger partial charge on any atom is 0.573 e. The van der Waals surface area contributed by atoms with Crippen LogP contribution in [0.3, 0.4) is 0 Å². The molecule has 0 spiro atoms. The molecule has 0 fully saturated rings. The van der Waals surface area contributed by atoms with Gasteiger partial charge in [0.1, 0.15) is 15.6 Å². The molecule has 0 saturated heterocycles. The number of aromatic amines is 1. The van der Waals surface area contributed by atoms with E-state index in [1.807, 2.05) is 0 Å². The Kier molecular flexibility index (Phi) is 4.31. The molecule has 24 heavy (non-hydrogen) atoms. The first-order chi connectivity index (χ1) is 11.3. The summed E-state index contributed by atoms with van der Waals surface area (Å²) in [4.78, 5) is 25.4. The molecule has 128 valence electrons. The Morgan fingerprint density at radius 2 is 2.12 bits per heavy atom. The van der Waals surface area contributed by atoms with E-state index in [1.54, 1.807) is 0 Å². The summed E-state index contributed by atoms with van der Waals surface area (Å²) in [7, 11) is 0. The Morgan fingerprint density at radius 1 is 1.38 bits per heavy atom. The number of aromatic nitrogens is 1. The van der Waals surface area contributed by atoms with E-state index in [4.69, 9.17) is 11.6 Å². The monoisotopic (exact) mass is 378 g/mol. The Labute approximate surface area is 142 Å².